The Bertz CT molecular complexity index is 162. The summed E-state index contributed by atoms with van der Waals surface area (Å²) in [5.41, 5.74) is 0. The minimum absolute atomic E-state index is 0.625. The van der Waals surface area contributed by atoms with E-state index in [1.807, 2.05) is 7.05 Å². The quantitative estimate of drug-likeness (QED) is 0.482. The standard InChI is InChI=1S/C7H14N4/c1-8-7-3-2-4-9-5-10-6-11-7/h3,5,8,11H,2,4,6H2,1H3,(H,9,10). The largest absolute Gasteiger partial charge is 0.376 e. The highest BCUT2D eigenvalue weighted by Gasteiger charge is 1.91. The fraction of sp³-hybridized carbons (Fsp3) is 0.571. The molecule has 0 fully saturated rings. The zero-order valence-corrected chi connectivity index (χ0v) is 6.72. The smallest absolute Gasteiger partial charge is 0.110 e. The molecule has 0 radical (unpaired) electrons. The van der Waals surface area contributed by atoms with Gasteiger partial charge in [0, 0.05) is 13.6 Å². The molecule has 0 atom stereocenters. The van der Waals surface area contributed by atoms with Gasteiger partial charge in [-0.15, -0.1) is 0 Å². The summed E-state index contributed by atoms with van der Waals surface area (Å²) in [6, 6.07) is 0. The molecule has 11 heavy (non-hydrogen) atoms. The van der Waals surface area contributed by atoms with Crippen LogP contribution in [-0.2, 0) is 0 Å². The van der Waals surface area contributed by atoms with Crippen LogP contribution in [0.4, 0.5) is 0 Å². The Hall–Kier alpha value is -1.19. The van der Waals surface area contributed by atoms with Crippen LogP contribution < -0.4 is 16.0 Å². The molecule has 0 aromatic carbocycles. The van der Waals surface area contributed by atoms with E-state index in [9.17, 15) is 0 Å². The molecule has 62 valence electrons. The first-order valence-corrected chi connectivity index (χ1v) is 3.77. The summed E-state index contributed by atoms with van der Waals surface area (Å²) >= 11 is 0. The molecule has 0 saturated carbocycles. The van der Waals surface area contributed by atoms with Gasteiger partial charge in [0.2, 0.25) is 0 Å². The lowest BCUT2D eigenvalue weighted by Crippen LogP contribution is -2.23. The Morgan fingerprint density at radius 2 is 2.55 bits per heavy atom. The zero-order valence-electron chi connectivity index (χ0n) is 6.72. The second-order valence-electron chi connectivity index (χ2n) is 2.26. The average molecular weight is 154 g/mol. The predicted octanol–water partition coefficient (Wildman–Crippen LogP) is -0.384. The first-order valence-electron chi connectivity index (χ1n) is 3.77. The van der Waals surface area contributed by atoms with E-state index >= 15 is 0 Å². The monoisotopic (exact) mass is 154 g/mol. The Morgan fingerprint density at radius 3 is 3.36 bits per heavy atom. The number of nitrogens with one attached hydrogen (secondary N) is 3. The van der Waals surface area contributed by atoms with E-state index in [1.54, 1.807) is 6.34 Å². The lowest BCUT2D eigenvalue weighted by Gasteiger charge is -2.06. The number of hydrogen-bond acceptors (Lipinski definition) is 4. The summed E-state index contributed by atoms with van der Waals surface area (Å²) in [5.74, 6) is 1.05. The van der Waals surface area contributed by atoms with Gasteiger partial charge in [0.1, 0.15) is 6.67 Å². The Kier molecular flexibility index (Phi) is 3.31. The maximum absolute atomic E-state index is 4.06. The number of nitrogens with zero attached hydrogens (tertiary/aromatic N) is 1. The normalized spacial score (nSPS) is 18.1. The molecule has 3 N–H and O–H groups in total. The van der Waals surface area contributed by atoms with Crippen molar-refractivity contribution in [2.75, 3.05) is 20.3 Å². The van der Waals surface area contributed by atoms with Gasteiger partial charge in [-0.1, -0.05) is 0 Å². The van der Waals surface area contributed by atoms with E-state index < -0.39 is 0 Å². The second-order valence-corrected chi connectivity index (χ2v) is 2.26. The van der Waals surface area contributed by atoms with Gasteiger partial charge in [-0.3, -0.25) is 4.99 Å². The Balaban J connectivity index is 2.43. The maximum Gasteiger partial charge on any atom is 0.110 e. The lowest BCUT2D eigenvalue weighted by atomic mass is 10.4. The van der Waals surface area contributed by atoms with Crippen molar-refractivity contribution in [2.24, 2.45) is 4.99 Å². The van der Waals surface area contributed by atoms with Crippen molar-refractivity contribution in [3.05, 3.63) is 11.9 Å². The fourth-order valence-corrected chi connectivity index (χ4v) is 0.868. The molecule has 1 heterocycles. The third-order valence-corrected chi connectivity index (χ3v) is 1.45. The topological polar surface area (TPSA) is 48.5 Å². The van der Waals surface area contributed by atoms with Crippen LogP contribution in [0.2, 0.25) is 0 Å². The van der Waals surface area contributed by atoms with Gasteiger partial charge < -0.3 is 16.0 Å². The summed E-state index contributed by atoms with van der Waals surface area (Å²) in [6.07, 6.45) is 4.86. The lowest BCUT2D eigenvalue weighted by molar-refractivity contribution is 0.747. The average Bonchev–Trinajstić information content (AvgIpc) is 2.16. The van der Waals surface area contributed by atoms with Gasteiger partial charge in [-0.05, 0) is 12.5 Å². The van der Waals surface area contributed by atoms with Crippen molar-refractivity contribution in [3.8, 4) is 0 Å². The summed E-state index contributed by atoms with van der Waals surface area (Å²) < 4.78 is 0. The number of rotatable bonds is 1. The molecule has 0 bridgehead atoms. The molecule has 0 spiro atoms. The van der Waals surface area contributed by atoms with E-state index in [-0.39, 0.29) is 0 Å². The van der Waals surface area contributed by atoms with Gasteiger partial charge in [-0.2, -0.15) is 0 Å². The van der Waals surface area contributed by atoms with Crippen LogP contribution in [0.25, 0.3) is 0 Å². The zero-order chi connectivity index (χ0) is 7.94. The van der Waals surface area contributed by atoms with E-state index in [0.717, 1.165) is 18.8 Å². The van der Waals surface area contributed by atoms with Crippen molar-refractivity contribution in [1.29, 1.82) is 0 Å². The third-order valence-electron chi connectivity index (χ3n) is 1.45. The van der Waals surface area contributed by atoms with E-state index in [0.29, 0.717) is 6.67 Å². The Morgan fingerprint density at radius 1 is 1.64 bits per heavy atom. The number of hydrogen-bond donors (Lipinski definition) is 3. The van der Waals surface area contributed by atoms with Gasteiger partial charge in [0.05, 0.1) is 12.2 Å². The molecule has 0 aromatic heterocycles. The summed E-state index contributed by atoms with van der Waals surface area (Å²) in [7, 11) is 1.90. The highest BCUT2D eigenvalue weighted by atomic mass is 15.1. The van der Waals surface area contributed by atoms with E-state index in [1.165, 1.54) is 0 Å². The molecule has 1 aliphatic heterocycles. The second kappa shape index (κ2) is 4.60. The van der Waals surface area contributed by atoms with Crippen LogP contribution in [0.1, 0.15) is 6.42 Å². The van der Waals surface area contributed by atoms with Crippen molar-refractivity contribution >= 4 is 6.34 Å². The van der Waals surface area contributed by atoms with Crippen LogP contribution in [-0.4, -0.2) is 26.6 Å². The highest BCUT2D eigenvalue weighted by Crippen LogP contribution is 1.87. The van der Waals surface area contributed by atoms with Crippen LogP contribution in [0.3, 0.4) is 0 Å². The van der Waals surface area contributed by atoms with Crippen molar-refractivity contribution in [3.63, 3.8) is 0 Å². The molecule has 4 nitrogen and oxygen atoms in total. The molecule has 0 unspecified atom stereocenters. The molecule has 0 amide bonds. The van der Waals surface area contributed by atoms with Crippen molar-refractivity contribution < 1.29 is 0 Å². The molecule has 4 heteroatoms. The minimum atomic E-state index is 0.625. The molecule has 1 rings (SSSR count). The molecular formula is C7H14N4. The highest BCUT2D eigenvalue weighted by molar-refractivity contribution is 5.54. The third kappa shape index (κ3) is 2.93. The summed E-state index contributed by atoms with van der Waals surface area (Å²) in [5, 5.41) is 9.24. The molecule has 0 saturated heterocycles. The van der Waals surface area contributed by atoms with Gasteiger partial charge >= 0.3 is 0 Å². The SMILES string of the molecule is CNC1=CCCNC=NCN1. The van der Waals surface area contributed by atoms with Gasteiger partial charge in [0.15, 0.2) is 0 Å². The van der Waals surface area contributed by atoms with Crippen LogP contribution >= 0.6 is 0 Å². The molecule has 1 aliphatic rings. The fourth-order valence-electron chi connectivity index (χ4n) is 0.868. The number of aliphatic imine (C=N–C) groups is 1. The van der Waals surface area contributed by atoms with E-state index in [4.69, 9.17) is 0 Å². The summed E-state index contributed by atoms with van der Waals surface area (Å²) in [6.45, 7) is 1.57. The van der Waals surface area contributed by atoms with Gasteiger partial charge in [0.25, 0.3) is 0 Å². The predicted molar refractivity (Wildman–Crippen MR) is 46.3 cm³/mol. The van der Waals surface area contributed by atoms with Gasteiger partial charge in [-0.25, -0.2) is 0 Å². The van der Waals surface area contributed by atoms with Crippen LogP contribution in [0.5, 0.6) is 0 Å². The van der Waals surface area contributed by atoms with Crippen LogP contribution in [0.15, 0.2) is 16.9 Å². The molecule has 0 aliphatic carbocycles. The maximum atomic E-state index is 4.06. The molecular weight excluding hydrogens is 140 g/mol. The van der Waals surface area contributed by atoms with Crippen molar-refractivity contribution in [1.82, 2.24) is 16.0 Å². The van der Waals surface area contributed by atoms with E-state index in [2.05, 4.69) is 27.0 Å². The summed E-state index contributed by atoms with van der Waals surface area (Å²) in [4.78, 5) is 4.06. The Labute approximate surface area is 66.8 Å². The molecule has 0 aromatic rings. The van der Waals surface area contributed by atoms with Crippen LogP contribution in [0, 0.1) is 0 Å². The van der Waals surface area contributed by atoms with Crippen molar-refractivity contribution in [2.45, 2.75) is 6.42 Å². The minimum Gasteiger partial charge on any atom is -0.376 e. The first-order chi connectivity index (χ1) is 5.43. The first kappa shape index (κ1) is 7.91.